The summed E-state index contributed by atoms with van der Waals surface area (Å²) in [6.07, 6.45) is 1.71. The average Bonchev–Trinajstić information content (AvgIpc) is 3.18. The predicted molar refractivity (Wildman–Crippen MR) is 129 cm³/mol. The fourth-order valence-corrected chi connectivity index (χ4v) is 3.96. The van der Waals surface area contributed by atoms with E-state index in [1.807, 2.05) is 91.0 Å². The Bertz CT molecular complexity index is 1390. The van der Waals surface area contributed by atoms with Gasteiger partial charge in [0, 0.05) is 15.6 Å². The molecule has 0 radical (unpaired) electrons. The van der Waals surface area contributed by atoms with Crippen LogP contribution < -0.4 is 4.74 Å². The van der Waals surface area contributed by atoms with Crippen LogP contribution >= 0.6 is 15.9 Å². The molecule has 0 unspecified atom stereocenters. The van der Waals surface area contributed by atoms with Crippen LogP contribution in [0.4, 0.5) is 0 Å². The number of fused-ring (bicyclic) bond motifs is 1. The third-order valence-electron chi connectivity index (χ3n) is 5.15. The Morgan fingerprint density at radius 3 is 2.59 bits per heavy atom. The normalized spacial score (nSPS) is 14.5. The van der Waals surface area contributed by atoms with Gasteiger partial charge in [0.1, 0.15) is 12.4 Å². The number of carbonyl (C=O) groups is 1. The van der Waals surface area contributed by atoms with E-state index >= 15 is 0 Å². The molecule has 1 aliphatic heterocycles. The summed E-state index contributed by atoms with van der Waals surface area (Å²) in [6.45, 7) is 0.437. The molecular weight excluding hydrogens is 466 g/mol. The topological polar surface area (TPSA) is 47.9 Å². The minimum absolute atomic E-state index is 0.260. The van der Waals surface area contributed by atoms with Crippen LogP contribution in [0.2, 0.25) is 0 Å². The zero-order valence-electron chi connectivity index (χ0n) is 17.0. The van der Waals surface area contributed by atoms with E-state index in [0.29, 0.717) is 18.3 Å². The van der Waals surface area contributed by atoms with Gasteiger partial charge in [-0.2, -0.15) is 0 Å². The van der Waals surface area contributed by atoms with E-state index in [9.17, 15) is 4.79 Å². The van der Waals surface area contributed by atoms with Crippen molar-refractivity contribution in [1.29, 1.82) is 0 Å². The quantitative estimate of drug-likeness (QED) is 0.239. The second kappa shape index (κ2) is 8.81. The minimum atomic E-state index is -0.465. The molecule has 0 saturated heterocycles. The van der Waals surface area contributed by atoms with Crippen LogP contribution in [0.15, 0.2) is 106 Å². The smallest absolute Gasteiger partial charge is 0.363 e. The van der Waals surface area contributed by atoms with Crippen LogP contribution in [0, 0.1) is 0 Å². The van der Waals surface area contributed by atoms with Gasteiger partial charge in [0.05, 0.1) is 0 Å². The number of rotatable bonds is 5. The van der Waals surface area contributed by atoms with Crippen LogP contribution in [-0.2, 0) is 16.1 Å². The molecule has 0 fully saturated rings. The molecule has 1 aliphatic rings. The number of aliphatic imine (C=N–C) groups is 1. The van der Waals surface area contributed by atoms with Crippen LogP contribution in [0.1, 0.15) is 16.7 Å². The number of nitrogens with zero attached hydrogens (tertiary/aromatic N) is 1. The Hall–Kier alpha value is -3.70. The Labute approximate surface area is 194 Å². The number of ether oxygens (including phenoxy) is 2. The third kappa shape index (κ3) is 4.20. The van der Waals surface area contributed by atoms with Crippen molar-refractivity contribution in [2.45, 2.75) is 6.61 Å². The fourth-order valence-electron chi connectivity index (χ4n) is 3.56. The standard InChI is InChI=1S/C27H18BrNO3/c28-24-14-4-2-9-20(24)17-31-21-11-5-7-18(15-21)16-25-27(30)32-26(29-25)23-13-6-10-19-8-1-3-12-22(19)23/h1-16H,17H2/b25-16+. The number of carbonyl (C=O) groups excluding carboxylic acids is 1. The highest BCUT2D eigenvalue weighted by Crippen LogP contribution is 2.26. The molecule has 4 aromatic rings. The molecule has 0 bridgehead atoms. The Morgan fingerprint density at radius 1 is 0.906 bits per heavy atom. The molecule has 0 aromatic heterocycles. The van der Waals surface area contributed by atoms with E-state index in [2.05, 4.69) is 20.9 Å². The molecule has 0 amide bonds. The van der Waals surface area contributed by atoms with Gasteiger partial charge in [-0.05, 0) is 46.7 Å². The summed E-state index contributed by atoms with van der Waals surface area (Å²) >= 11 is 3.53. The van der Waals surface area contributed by atoms with E-state index in [1.54, 1.807) is 6.08 Å². The van der Waals surface area contributed by atoms with Gasteiger partial charge in [-0.25, -0.2) is 9.79 Å². The number of hydrogen-bond acceptors (Lipinski definition) is 4. The Balaban J connectivity index is 1.40. The molecule has 0 N–H and O–H groups in total. The van der Waals surface area contributed by atoms with Crippen molar-refractivity contribution in [3.63, 3.8) is 0 Å². The van der Waals surface area contributed by atoms with Gasteiger partial charge in [-0.3, -0.25) is 0 Å². The lowest BCUT2D eigenvalue weighted by atomic mass is 10.0. The lowest BCUT2D eigenvalue weighted by molar-refractivity contribution is -0.129. The fraction of sp³-hybridized carbons (Fsp3) is 0.0370. The Morgan fingerprint density at radius 2 is 1.69 bits per heavy atom. The molecule has 0 aliphatic carbocycles. The van der Waals surface area contributed by atoms with E-state index in [-0.39, 0.29) is 5.70 Å². The molecular formula is C27H18BrNO3. The summed E-state index contributed by atoms with van der Waals surface area (Å²) in [7, 11) is 0. The van der Waals surface area contributed by atoms with Gasteiger partial charge in [-0.1, -0.05) is 82.7 Å². The third-order valence-corrected chi connectivity index (χ3v) is 5.93. The highest BCUT2D eigenvalue weighted by atomic mass is 79.9. The molecule has 4 nitrogen and oxygen atoms in total. The summed E-state index contributed by atoms with van der Waals surface area (Å²) in [5, 5.41) is 2.06. The molecule has 5 rings (SSSR count). The highest BCUT2D eigenvalue weighted by molar-refractivity contribution is 9.10. The molecule has 5 heteroatoms. The minimum Gasteiger partial charge on any atom is -0.489 e. The number of halogens is 1. The van der Waals surface area contributed by atoms with Crippen LogP contribution in [-0.4, -0.2) is 11.9 Å². The molecule has 1 heterocycles. The Kier molecular flexibility index (Phi) is 5.57. The van der Waals surface area contributed by atoms with E-state index in [4.69, 9.17) is 9.47 Å². The lowest BCUT2D eigenvalue weighted by Gasteiger charge is -2.08. The van der Waals surface area contributed by atoms with Gasteiger partial charge < -0.3 is 9.47 Å². The van der Waals surface area contributed by atoms with Crippen molar-refractivity contribution in [2.24, 2.45) is 4.99 Å². The summed E-state index contributed by atoms with van der Waals surface area (Å²) in [5.41, 5.74) is 2.92. The van der Waals surface area contributed by atoms with E-state index in [0.717, 1.165) is 31.9 Å². The van der Waals surface area contributed by atoms with Crippen LogP contribution in [0.3, 0.4) is 0 Å². The van der Waals surface area contributed by atoms with Crippen molar-refractivity contribution in [2.75, 3.05) is 0 Å². The van der Waals surface area contributed by atoms with E-state index in [1.165, 1.54) is 0 Å². The first-order valence-electron chi connectivity index (χ1n) is 10.1. The zero-order valence-corrected chi connectivity index (χ0v) is 18.6. The van der Waals surface area contributed by atoms with Gasteiger partial charge in [0.25, 0.3) is 0 Å². The highest BCUT2D eigenvalue weighted by Gasteiger charge is 2.25. The van der Waals surface area contributed by atoms with Crippen molar-refractivity contribution in [1.82, 2.24) is 0 Å². The monoisotopic (exact) mass is 483 g/mol. The lowest BCUT2D eigenvalue weighted by Crippen LogP contribution is -2.05. The first kappa shape index (κ1) is 20.2. The van der Waals surface area contributed by atoms with Crippen molar-refractivity contribution in [3.05, 3.63) is 118 Å². The average molecular weight is 484 g/mol. The largest absolute Gasteiger partial charge is 0.489 e. The first-order valence-corrected chi connectivity index (χ1v) is 10.9. The molecule has 156 valence electrons. The maximum atomic E-state index is 12.5. The maximum Gasteiger partial charge on any atom is 0.363 e. The predicted octanol–water partition coefficient (Wildman–Crippen LogP) is 6.53. The first-order chi connectivity index (χ1) is 15.7. The molecule has 4 aromatic carbocycles. The number of cyclic esters (lactones) is 1. The van der Waals surface area contributed by atoms with Crippen molar-refractivity contribution < 1.29 is 14.3 Å². The summed E-state index contributed by atoms with van der Waals surface area (Å²) in [4.78, 5) is 17.0. The summed E-state index contributed by atoms with van der Waals surface area (Å²) < 4.78 is 12.4. The number of esters is 1. The molecule has 32 heavy (non-hydrogen) atoms. The van der Waals surface area contributed by atoms with E-state index < -0.39 is 5.97 Å². The van der Waals surface area contributed by atoms with Gasteiger partial charge in [0.15, 0.2) is 5.70 Å². The van der Waals surface area contributed by atoms with Crippen LogP contribution in [0.5, 0.6) is 5.75 Å². The van der Waals surface area contributed by atoms with Crippen molar-refractivity contribution in [3.8, 4) is 5.75 Å². The molecule has 0 spiro atoms. The maximum absolute atomic E-state index is 12.5. The second-order valence-electron chi connectivity index (χ2n) is 7.32. The number of hydrogen-bond donors (Lipinski definition) is 0. The molecule has 0 saturated carbocycles. The SMILES string of the molecule is O=C1OC(c2cccc3ccccc23)=N/C1=C/c1cccc(OCc2ccccc2Br)c1. The van der Waals surface area contributed by atoms with Gasteiger partial charge in [0.2, 0.25) is 5.90 Å². The van der Waals surface area contributed by atoms with Crippen molar-refractivity contribution >= 4 is 44.6 Å². The van der Waals surface area contributed by atoms with Gasteiger partial charge in [-0.15, -0.1) is 0 Å². The summed E-state index contributed by atoms with van der Waals surface area (Å²) in [5.74, 6) is 0.562. The number of benzene rings is 4. The van der Waals surface area contributed by atoms with Gasteiger partial charge >= 0.3 is 5.97 Å². The zero-order chi connectivity index (χ0) is 21.9. The second-order valence-corrected chi connectivity index (χ2v) is 8.17. The molecule has 0 atom stereocenters. The van der Waals surface area contributed by atoms with Crippen LogP contribution in [0.25, 0.3) is 16.8 Å². The summed E-state index contributed by atoms with van der Waals surface area (Å²) in [6, 6.07) is 29.3.